The lowest BCUT2D eigenvalue weighted by atomic mass is 10.0. The van der Waals surface area contributed by atoms with Crippen LogP contribution in [0.1, 0.15) is 11.3 Å². The van der Waals surface area contributed by atoms with E-state index in [1.165, 1.54) is 0 Å². The zero-order chi connectivity index (χ0) is 22.8. The summed E-state index contributed by atoms with van der Waals surface area (Å²) in [5, 5.41) is 12.8. The highest BCUT2D eigenvalue weighted by atomic mass is 79.9. The number of benzene rings is 2. The van der Waals surface area contributed by atoms with Gasteiger partial charge in [-0.3, -0.25) is 9.48 Å². The number of halogens is 1. The predicted molar refractivity (Wildman–Crippen MR) is 132 cm³/mol. The molecule has 164 valence electrons. The molecule has 33 heavy (non-hydrogen) atoms. The second kappa shape index (κ2) is 8.99. The molecule has 0 aliphatic rings. The van der Waals surface area contributed by atoms with Gasteiger partial charge in [-0.15, -0.1) is 0 Å². The number of carbonyl (C=O) groups is 1. The highest BCUT2D eigenvalue weighted by Crippen LogP contribution is 2.29. The summed E-state index contributed by atoms with van der Waals surface area (Å²) in [5.41, 5.74) is 5.53. The number of hydrogen-bond acceptors (Lipinski definition) is 4. The van der Waals surface area contributed by atoms with Gasteiger partial charge < -0.3 is 5.32 Å². The van der Waals surface area contributed by atoms with Crippen molar-refractivity contribution < 1.29 is 4.79 Å². The van der Waals surface area contributed by atoms with Crippen molar-refractivity contribution in [3.8, 4) is 11.1 Å². The van der Waals surface area contributed by atoms with E-state index in [0.717, 1.165) is 37.9 Å². The molecule has 8 heteroatoms. The Hall–Kier alpha value is -3.78. The number of carbonyl (C=O) groups excluding carboxylic acids is 1. The molecule has 1 N–H and O–H groups in total. The van der Waals surface area contributed by atoms with E-state index in [-0.39, 0.29) is 12.5 Å². The number of anilines is 1. The van der Waals surface area contributed by atoms with Gasteiger partial charge in [0, 0.05) is 23.5 Å². The third-order valence-corrected chi connectivity index (χ3v) is 5.78. The first-order chi connectivity index (χ1) is 16.1. The molecule has 0 aliphatic heterocycles. The summed E-state index contributed by atoms with van der Waals surface area (Å²) < 4.78 is 4.45. The standard InChI is InChI=1S/C25H21BrN6O/c1-17-24-22(19-5-3-2-4-6-19)11-12-27-25(24)32(30-17)16-23(33)29-21-9-7-18(8-10-21)14-31-15-20(26)13-28-31/h2-13,15H,14,16H2,1H3,(H,29,33). The fraction of sp³-hybridized carbons (Fsp3) is 0.120. The largest absolute Gasteiger partial charge is 0.324 e. The van der Waals surface area contributed by atoms with E-state index in [2.05, 4.69) is 48.6 Å². The Morgan fingerprint density at radius 2 is 1.85 bits per heavy atom. The van der Waals surface area contributed by atoms with Crippen LogP contribution >= 0.6 is 15.9 Å². The van der Waals surface area contributed by atoms with E-state index in [1.54, 1.807) is 17.1 Å². The topological polar surface area (TPSA) is 77.6 Å². The second-order valence-corrected chi connectivity index (χ2v) is 8.68. The van der Waals surface area contributed by atoms with E-state index < -0.39 is 0 Å². The van der Waals surface area contributed by atoms with Crippen LogP contribution in [0.2, 0.25) is 0 Å². The summed E-state index contributed by atoms with van der Waals surface area (Å²) in [6.45, 7) is 2.69. The average molecular weight is 501 g/mol. The number of nitrogens with zero attached hydrogens (tertiary/aromatic N) is 5. The maximum absolute atomic E-state index is 12.7. The highest BCUT2D eigenvalue weighted by Gasteiger charge is 2.16. The molecule has 5 aromatic rings. The molecule has 0 spiro atoms. The molecule has 0 radical (unpaired) electrons. The number of fused-ring (bicyclic) bond motifs is 1. The molecule has 0 unspecified atom stereocenters. The molecule has 0 bridgehead atoms. The van der Waals surface area contributed by atoms with E-state index >= 15 is 0 Å². The van der Waals surface area contributed by atoms with Crippen molar-refractivity contribution in [3.63, 3.8) is 0 Å². The Kier molecular flexibility index (Phi) is 5.75. The van der Waals surface area contributed by atoms with Crippen LogP contribution in [0, 0.1) is 6.92 Å². The SMILES string of the molecule is Cc1nn(CC(=O)Nc2ccc(Cn3cc(Br)cn3)cc2)c2nccc(-c3ccccc3)c12. The molecular weight excluding hydrogens is 480 g/mol. The summed E-state index contributed by atoms with van der Waals surface area (Å²) in [6.07, 6.45) is 5.44. The number of aromatic nitrogens is 5. The molecular formula is C25H21BrN6O. The summed E-state index contributed by atoms with van der Waals surface area (Å²) in [5.74, 6) is -0.157. The van der Waals surface area contributed by atoms with Crippen molar-refractivity contribution in [3.05, 3.63) is 95.0 Å². The van der Waals surface area contributed by atoms with Crippen molar-refractivity contribution in [1.29, 1.82) is 0 Å². The van der Waals surface area contributed by atoms with Crippen LogP contribution < -0.4 is 5.32 Å². The van der Waals surface area contributed by atoms with Gasteiger partial charge in [0.25, 0.3) is 0 Å². The van der Waals surface area contributed by atoms with Crippen molar-refractivity contribution in [1.82, 2.24) is 24.5 Å². The maximum Gasteiger partial charge on any atom is 0.246 e. The van der Waals surface area contributed by atoms with Crippen LogP contribution in [0.15, 0.2) is 83.7 Å². The van der Waals surface area contributed by atoms with Crippen LogP contribution in [0.5, 0.6) is 0 Å². The quantitative estimate of drug-likeness (QED) is 0.353. The fourth-order valence-corrected chi connectivity index (χ4v) is 4.22. The minimum Gasteiger partial charge on any atom is -0.324 e. The first-order valence-electron chi connectivity index (χ1n) is 10.5. The van der Waals surface area contributed by atoms with E-state index in [0.29, 0.717) is 12.2 Å². The Morgan fingerprint density at radius 3 is 2.58 bits per heavy atom. The number of aryl methyl sites for hydroxylation is 1. The van der Waals surface area contributed by atoms with E-state index in [9.17, 15) is 4.79 Å². The average Bonchev–Trinajstić information content (AvgIpc) is 3.38. The molecule has 0 fully saturated rings. The zero-order valence-electron chi connectivity index (χ0n) is 17.9. The summed E-state index contributed by atoms with van der Waals surface area (Å²) in [6, 6.07) is 19.9. The third kappa shape index (κ3) is 4.56. The van der Waals surface area contributed by atoms with Gasteiger partial charge in [0.15, 0.2) is 5.65 Å². The Morgan fingerprint density at radius 1 is 1.06 bits per heavy atom. The monoisotopic (exact) mass is 500 g/mol. The fourth-order valence-electron chi connectivity index (χ4n) is 3.89. The van der Waals surface area contributed by atoms with Crippen molar-refractivity contribution in [2.24, 2.45) is 0 Å². The third-order valence-electron chi connectivity index (χ3n) is 5.37. The minimum absolute atomic E-state index is 0.0820. The molecule has 1 amide bonds. The van der Waals surface area contributed by atoms with Gasteiger partial charge in [0.1, 0.15) is 6.54 Å². The van der Waals surface area contributed by atoms with Crippen LogP contribution in [0.4, 0.5) is 5.69 Å². The maximum atomic E-state index is 12.7. The van der Waals surface area contributed by atoms with Crippen LogP contribution in [-0.2, 0) is 17.9 Å². The van der Waals surface area contributed by atoms with Crippen LogP contribution in [0.25, 0.3) is 22.2 Å². The smallest absolute Gasteiger partial charge is 0.246 e. The number of pyridine rings is 1. The zero-order valence-corrected chi connectivity index (χ0v) is 19.5. The number of amides is 1. The molecule has 7 nitrogen and oxygen atoms in total. The number of rotatable bonds is 6. The molecule has 0 atom stereocenters. The summed E-state index contributed by atoms with van der Waals surface area (Å²) in [7, 11) is 0. The van der Waals surface area contributed by atoms with Gasteiger partial charge in [0.05, 0.1) is 22.9 Å². The first-order valence-corrected chi connectivity index (χ1v) is 11.3. The van der Waals surface area contributed by atoms with Gasteiger partial charge in [0.2, 0.25) is 5.91 Å². The lowest BCUT2D eigenvalue weighted by molar-refractivity contribution is -0.116. The Balaban J connectivity index is 1.31. The minimum atomic E-state index is -0.157. The van der Waals surface area contributed by atoms with Crippen molar-refractivity contribution in [2.75, 3.05) is 5.32 Å². The predicted octanol–water partition coefficient (Wildman–Crippen LogP) is 5.05. The van der Waals surface area contributed by atoms with Gasteiger partial charge in [-0.25, -0.2) is 9.67 Å². The van der Waals surface area contributed by atoms with Crippen LogP contribution in [0.3, 0.4) is 0 Å². The van der Waals surface area contributed by atoms with Gasteiger partial charge in [-0.05, 0) is 57.7 Å². The molecule has 0 saturated carbocycles. The number of hydrogen-bond donors (Lipinski definition) is 1. The molecule has 3 aromatic heterocycles. The second-order valence-electron chi connectivity index (χ2n) is 7.77. The summed E-state index contributed by atoms with van der Waals surface area (Å²) in [4.78, 5) is 17.3. The van der Waals surface area contributed by atoms with Crippen molar-refractivity contribution in [2.45, 2.75) is 20.0 Å². The van der Waals surface area contributed by atoms with Crippen molar-refractivity contribution >= 4 is 38.6 Å². The Bertz CT molecular complexity index is 1420. The molecule has 0 saturated heterocycles. The van der Waals surface area contributed by atoms with Gasteiger partial charge in [-0.2, -0.15) is 10.2 Å². The molecule has 3 heterocycles. The van der Waals surface area contributed by atoms with Crippen LogP contribution in [-0.4, -0.2) is 30.5 Å². The highest BCUT2D eigenvalue weighted by molar-refractivity contribution is 9.10. The van der Waals surface area contributed by atoms with Gasteiger partial charge >= 0.3 is 0 Å². The Labute approximate surface area is 199 Å². The van der Waals surface area contributed by atoms with E-state index in [4.69, 9.17) is 0 Å². The lowest BCUT2D eigenvalue weighted by Crippen LogP contribution is -2.19. The number of nitrogens with one attached hydrogen (secondary N) is 1. The summed E-state index contributed by atoms with van der Waals surface area (Å²) >= 11 is 3.40. The molecule has 2 aromatic carbocycles. The molecule has 5 rings (SSSR count). The lowest BCUT2D eigenvalue weighted by Gasteiger charge is -2.08. The van der Waals surface area contributed by atoms with E-state index in [1.807, 2.05) is 66.3 Å². The van der Waals surface area contributed by atoms with Gasteiger partial charge in [-0.1, -0.05) is 42.5 Å². The first kappa shape index (κ1) is 21.1. The normalized spacial score (nSPS) is 11.1. The molecule has 0 aliphatic carbocycles.